The standard InChI is InChI=1S/C4H10.C2H6.W/c1-3-4-2;1-2;/h3-4H2,1-2H3;1-2H3;. The Labute approximate surface area is 62.0 Å². The molecule has 46 valence electrons. The third-order valence-electron chi connectivity index (χ3n) is 0.500. The van der Waals surface area contributed by atoms with Gasteiger partial charge in [0.15, 0.2) is 0 Å². The average molecular weight is 272 g/mol. The normalized spacial score (nSPS) is 5.14. The zero-order chi connectivity index (χ0) is 5.41. The summed E-state index contributed by atoms with van der Waals surface area (Å²) < 4.78 is 0. The summed E-state index contributed by atoms with van der Waals surface area (Å²) in [6.45, 7) is 8.36. The molecule has 0 rings (SSSR count). The molecule has 0 bridgehead atoms. The van der Waals surface area contributed by atoms with Crippen molar-refractivity contribution in [2.75, 3.05) is 0 Å². The van der Waals surface area contributed by atoms with Crippen LogP contribution in [0, 0.1) is 0 Å². The summed E-state index contributed by atoms with van der Waals surface area (Å²) in [5.74, 6) is 0. The summed E-state index contributed by atoms with van der Waals surface area (Å²) in [7, 11) is 0. The molecule has 7 heavy (non-hydrogen) atoms. The van der Waals surface area contributed by atoms with Gasteiger partial charge in [-0.05, 0) is 0 Å². The van der Waals surface area contributed by atoms with Gasteiger partial charge in [-0.3, -0.25) is 0 Å². The molecule has 0 aliphatic heterocycles. The number of hydrogen-bond acceptors (Lipinski definition) is 0. The number of rotatable bonds is 1. The molecule has 0 nitrogen and oxygen atoms in total. The maximum Gasteiger partial charge on any atom is 0 e. The molecule has 0 radical (unpaired) electrons. The summed E-state index contributed by atoms with van der Waals surface area (Å²) in [6, 6.07) is 0. The second-order valence-corrected chi connectivity index (χ2v) is 1.000. The maximum absolute atomic E-state index is 2.18. The minimum atomic E-state index is 0. The first-order chi connectivity index (χ1) is 2.91. The van der Waals surface area contributed by atoms with Gasteiger partial charge in [0.2, 0.25) is 0 Å². The van der Waals surface area contributed by atoms with Crippen LogP contribution in [0.25, 0.3) is 0 Å². The molecule has 0 spiro atoms. The molecule has 0 saturated carbocycles. The van der Waals surface area contributed by atoms with Gasteiger partial charge in [0.1, 0.15) is 0 Å². The van der Waals surface area contributed by atoms with Gasteiger partial charge < -0.3 is 0 Å². The third-order valence-corrected chi connectivity index (χ3v) is 0.500. The van der Waals surface area contributed by atoms with E-state index in [1.165, 1.54) is 12.8 Å². The van der Waals surface area contributed by atoms with Crippen molar-refractivity contribution in [3.05, 3.63) is 0 Å². The van der Waals surface area contributed by atoms with Crippen molar-refractivity contribution in [2.24, 2.45) is 0 Å². The van der Waals surface area contributed by atoms with Crippen LogP contribution in [-0.2, 0) is 21.1 Å². The molecule has 0 aliphatic rings. The first kappa shape index (κ1) is 15.6. The fraction of sp³-hybridized carbons (Fsp3) is 1.00. The number of hydrogen-bond donors (Lipinski definition) is 0. The van der Waals surface area contributed by atoms with Gasteiger partial charge >= 0.3 is 0 Å². The molecule has 0 fully saturated rings. The Hall–Kier alpha value is 0.688. The molecule has 0 aliphatic carbocycles. The molecule has 0 heterocycles. The van der Waals surface area contributed by atoms with Crippen LogP contribution in [0.2, 0.25) is 0 Å². The molecular weight excluding hydrogens is 256 g/mol. The predicted molar refractivity (Wildman–Crippen MR) is 31.9 cm³/mol. The van der Waals surface area contributed by atoms with Crippen molar-refractivity contribution < 1.29 is 21.1 Å². The Bertz CT molecular complexity index is 6.14. The SMILES string of the molecule is CC.CCCC.[W]. The van der Waals surface area contributed by atoms with E-state index in [1.807, 2.05) is 13.8 Å². The van der Waals surface area contributed by atoms with Crippen molar-refractivity contribution in [3.63, 3.8) is 0 Å². The van der Waals surface area contributed by atoms with Crippen LogP contribution >= 0.6 is 0 Å². The van der Waals surface area contributed by atoms with E-state index >= 15 is 0 Å². The number of unbranched alkanes of at least 4 members (excludes halogenated alkanes) is 1. The Kier molecular flexibility index (Phi) is 66.9. The van der Waals surface area contributed by atoms with E-state index < -0.39 is 0 Å². The third kappa shape index (κ3) is 51.6. The first-order valence-electron chi connectivity index (χ1n) is 2.91. The smallest absolute Gasteiger partial charge is 0 e. The summed E-state index contributed by atoms with van der Waals surface area (Å²) in [5.41, 5.74) is 0. The van der Waals surface area contributed by atoms with E-state index in [1.54, 1.807) is 0 Å². The molecule has 0 aromatic rings. The van der Waals surface area contributed by atoms with Gasteiger partial charge in [0, 0.05) is 21.1 Å². The molecule has 0 saturated heterocycles. The van der Waals surface area contributed by atoms with E-state index in [0.29, 0.717) is 0 Å². The molecule has 0 N–H and O–H groups in total. The Balaban J connectivity index is -0.0000000480. The van der Waals surface area contributed by atoms with Crippen LogP contribution in [-0.4, -0.2) is 0 Å². The molecule has 1 heteroatoms. The van der Waals surface area contributed by atoms with Crippen LogP contribution in [0.15, 0.2) is 0 Å². The maximum atomic E-state index is 2.18. The zero-order valence-corrected chi connectivity index (χ0v) is 8.76. The molecule has 0 atom stereocenters. The summed E-state index contributed by atoms with van der Waals surface area (Å²) >= 11 is 0. The monoisotopic (exact) mass is 272 g/mol. The van der Waals surface area contributed by atoms with Crippen LogP contribution in [0.5, 0.6) is 0 Å². The van der Waals surface area contributed by atoms with Crippen molar-refractivity contribution >= 4 is 0 Å². The minimum Gasteiger partial charge on any atom is -0.0683 e. The van der Waals surface area contributed by atoms with Gasteiger partial charge in [0.25, 0.3) is 0 Å². The molecular formula is C6H16W. The average Bonchev–Trinajstić information content (AvgIpc) is 1.72. The van der Waals surface area contributed by atoms with Gasteiger partial charge in [-0.15, -0.1) is 0 Å². The van der Waals surface area contributed by atoms with Gasteiger partial charge in [-0.1, -0.05) is 40.5 Å². The van der Waals surface area contributed by atoms with Crippen molar-refractivity contribution in [3.8, 4) is 0 Å². The van der Waals surface area contributed by atoms with E-state index in [2.05, 4.69) is 13.8 Å². The van der Waals surface area contributed by atoms with E-state index in [-0.39, 0.29) is 21.1 Å². The topological polar surface area (TPSA) is 0 Å². The predicted octanol–water partition coefficient (Wildman–Crippen LogP) is 2.83. The Morgan fingerprint density at radius 3 is 1.00 bits per heavy atom. The summed E-state index contributed by atoms with van der Waals surface area (Å²) in [4.78, 5) is 0. The van der Waals surface area contributed by atoms with Gasteiger partial charge in [0.05, 0.1) is 0 Å². The quantitative estimate of drug-likeness (QED) is 0.688. The van der Waals surface area contributed by atoms with Crippen LogP contribution in [0.1, 0.15) is 40.5 Å². The Morgan fingerprint density at radius 1 is 0.857 bits per heavy atom. The van der Waals surface area contributed by atoms with Gasteiger partial charge in [-0.25, -0.2) is 0 Å². The first-order valence-corrected chi connectivity index (χ1v) is 2.91. The van der Waals surface area contributed by atoms with Crippen LogP contribution in [0.4, 0.5) is 0 Å². The van der Waals surface area contributed by atoms with E-state index in [4.69, 9.17) is 0 Å². The molecule has 0 amide bonds. The van der Waals surface area contributed by atoms with Gasteiger partial charge in [-0.2, -0.15) is 0 Å². The van der Waals surface area contributed by atoms with Crippen molar-refractivity contribution in [1.29, 1.82) is 0 Å². The minimum absolute atomic E-state index is 0. The largest absolute Gasteiger partial charge is 0.0683 e. The Morgan fingerprint density at radius 2 is 1.00 bits per heavy atom. The van der Waals surface area contributed by atoms with E-state index in [0.717, 1.165) is 0 Å². The fourth-order valence-corrected chi connectivity index (χ4v) is 0. The second kappa shape index (κ2) is 29.9. The van der Waals surface area contributed by atoms with Crippen LogP contribution < -0.4 is 0 Å². The van der Waals surface area contributed by atoms with Crippen molar-refractivity contribution in [2.45, 2.75) is 40.5 Å². The summed E-state index contributed by atoms with van der Waals surface area (Å²) in [5, 5.41) is 0. The molecule has 0 aromatic heterocycles. The second-order valence-electron chi connectivity index (χ2n) is 1.000. The van der Waals surface area contributed by atoms with Crippen LogP contribution in [0.3, 0.4) is 0 Å². The fourth-order valence-electron chi connectivity index (χ4n) is 0. The molecule has 0 aromatic carbocycles. The summed E-state index contributed by atoms with van der Waals surface area (Å²) in [6.07, 6.45) is 2.64. The van der Waals surface area contributed by atoms with Crippen molar-refractivity contribution in [1.82, 2.24) is 0 Å². The van der Waals surface area contributed by atoms with E-state index in [9.17, 15) is 0 Å². The molecule has 0 unspecified atom stereocenters. The zero-order valence-electron chi connectivity index (χ0n) is 5.82.